The molecule has 0 spiro atoms. The first-order valence-electron chi connectivity index (χ1n) is 13.4. The van der Waals surface area contributed by atoms with E-state index in [9.17, 15) is 14.0 Å². The minimum atomic E-state index is -0.333. The number of nitrogens with one attached hydrogen (secondary N) is 1. The van der Waals surface area contributed by atoms with E-state index in [4.69, 9.17) is 8.83 Å². The Morgan fingerprint density at radius 2 is 1.71 bits per heavy atom. The summed E-state index contributed by atoms with van der Waals surface area (Å²) < 4.78 is 26.6. The van der Waals surface area contributed by atoms with Crippen molar-refractivity contribution in [3.05, 3.63) is 84.0 Å². The number of fused-ring (bicyclic) bond motifs is 2. The molecular formula is C31H31FN4O4S. The van der Waals surface area contributed by atoms with Crippen LogP contribution in [0.15, 0.2) is 75.6 Å². The molecule has 0 unspecified atom stereocenters. The monoisotopic (exact) mass is 574 g/mol. The second kappa shape index (κ2) is 12.5. The molecule has 6 rings (SSSR count). The number of benzene rings is 3. The zero-order chi connectivity index (χ0) is 28.9. The first kappa shape index (κ1) is 28.2. The first-order chi connectivity index (χ1) is 19.9. The normalized spacial score (nSPS) is 13.1. The van der Waals surface area contributed by atoms with Crippen LogP contribution in [0.3, 0.4) is 0 Å². The summed E-state index contributed by atoms with van der Waals surface area (Å²) >= 11 is 1.58. The molecule has 3 aromatic carbocycles. The number of amides is 2. The molecule has 2 aromatic heterocycles. The van der Waals surface area contributed by atoms with Crippen LogP contribution in [0, 0.1) is 5.82 Å². The van der Waals surface area contributed by atoms with Gasteiger partial charge in [0.1, 0.15) is 22.7 Å². The number of anilines is 1. The van der Waals surface area contributed by atoms with Crippen LogP contribution in [-0.2, 0) is 0 Å². The number of hydrogen-bond donors (Lipinski definition) is 1. The Kier molecular flexibility index (Phi) is 8.58. The fourth-order valence-corrected chi connectivity index (χ4v) is 5.06. The predicted molar refractivity (Wildman–Crippen MR) is 161 cm³/mol. The van der Waals surface area contributed by atoms with Crippen LogP contribution in [0.25, 0.3) is 33.4 Å². The molecule has 0 atom stereocenters. The van der Waals surface area contributed by atoms with Crippen LogP contribution < -0.4 is 9.62 Å². The highest BCUT2D eigenvalue weighted by atomic mass is 32.2. The molecule has 8 nitrogen and oxygen atoms in total. The highest BCUT2D eigenvalue weighted by Gasteiger charge is 2.23. The molecule has 5 aromatic rings. The maximum Gasteiger partial charge on any atom is 0.309 e. The van der Waals surface area contributed by atoms with E-state index >= 15 is 0 Å². The quantitative estimate of drug-likeness (QED) is 0.232. The molecule has 0 saturated carbocycles. The van der Waals surface area contributed by atoms with Crippen molar-refractivity contribution in [2.45, 2.75) is 19.3 Å². The number of oxazole rings is 1. The Bertz CT molecular complexity index is 1640. The third-order valence-corrected chi connectivity index (χ3v) is 7.75. The van der Waals surface area contributed by atoms with Gasteiger partial charge in [0.25, 0.3) is 11.8 Å². The molecule has 1 aliphatic rings. The van der Waals surface area contributed by atoms with Crippen molar-refractivity contribution in [1.29, 1.82) is 0 Å². The maximum absolute atomic E-state index is 13.2. The molecule has 212 valence electrons. The van der Waals surface area contributed by atoms with Gasteiger partial charge >= 0.3 is 5.91 Å². The third kappa shape index (κ3) is 6.07. The lowest BCUT2D eigenvalue weighted by Gasteiger charge is -2.25. The fraction of sp³-hybridized carbons (Fsp3) is 0.258. The minimum Gasteiger partial charge on any atom is -0.455 e. The molecule has 1 fully saturated rings. The Morgan fingerprint density at radius 1 is 0.976 bits per heavy atom. The molecule has 0 bridgehead atoms. The Labute approximate surface area is 241 Å². The van der Waals surface area contributed by atoms with Gasteiger partial charge in [-0.3, -0.25) is 9.59 Å². The van der Waals surface area contributed by atoms with Gasteiger partial charge in [0, 0.05) is 50.5 Å². The third-order valence-electron chi connectivity index (χ3n) is 6.99. The number of furan rings is 1. The number of carbonyl (C=O) groups excluding carboxylic acids is 2. The smallest absolute Gasteiger partial charge is 0.309 e. The molecule has 3 heterocycles. The van der Waals surface area contributed by atoms with Crippen molar-refractivity contribution in [2.24, 2.45) is 0 Å². The van der Waals surface area contributed by atoms with E-state index in [-0.39, 0.29) is 23.5 Å². The van der Waals surface area contributed by atoms with E-state index in [1.807, 2.05) is 65.0 Å². The molecule has 41 heavy (non-hydrogen) atoms. The molecule has 0 radical (unpaired) electrons. The van der Waals surface area contributed by atoms with Crippen LogP contribution in [0.4, 0.5) is 10.1 Å². The zero-order valence-electron chi connectivity index (χ0n) is 23.1. The number of hydrogen-bond acceptors (Lipinski definition) is 7. The lowest BCUT2D eigenvalue weighted by Crippen LogP contribution is -2.35. The average molecular weight is 575 g/mol. The molecule has 1 N–H and O–H groups in total. The molecule has 2 amide bonds. The summed E-state index contributed by atoms with van der Waals surface area (Å²) in [5.41, 5.74) is 4.12. The van der Waals surface area contributed by atoms with Crippen molar-refractivity contribution in [3.63, 3.8) is 0 Å². The van der Waals surface area contributed by atoms with E-state index in [0.29, 0.717) is 28.1 Å². The summed E-state index contributed by atoms with van der Waals surface area (Å²) in [6.07, 6.45) is 5.33. The maximum atomic E-state index is 13.2. The molecule has 10 heteroatoms. The first-order valence-corrected chi connectivity index (χ1v) is 14.5. The van der Waals surface area contributed by atoms with Crippen molar-refractivity contribution in [2.75, 3.05) is 37.7 Å². The molecular weight excluding hydrogens is 543 g/mol. The number of halogens is 1. The van der Waals surface area contributed by atoms with Gasteiger partial charge in [0.2, 0.25) is 0 Å². The van der Waals surface area contributed by atoms with E-state index in [1.165, 1.54) is 18.6 Å². The largest absolute Gasteiger partial charge is 0.455 e. The van der Waals surface area contributed by atoms with Gasteiger partial charge in [-0.15, -0.1) is 0 Å². The highest BCUT2D eigenvalue weighted by molar-refractivity contribution is 7.99. The number of para-hydroxylation sites is 2. The fourth-order valence-electron chi connectivity index (χ4n) is 4.74. The second-order valence-corrected chi connectivity index (χ2v) is 10.5. The molecule has 1 saturated heterocycles. The summed E-state index contributed by atoms with van der Waals surface area (Å²) in [4.78, 5) is 30.6. The number of piperidine rings is 1. The lowest BCUT2D eigenvalue weighted by molar-refractivity contribution is 0.0686. The van der Waals surface area contributed by atoms with E-state index in [0.717, 1.165) is 42.5 Å². The predicted octanol–water partition coefficient (Wildman–Crippen LogP) is 6.77. The molecule has 1 aliphatic heterocycles. The van der Waals surface area contributed by atoms with E-state index in [2.05, 4.69) is 10.3 Å². The number of aromatic nitrogens is 1. The topological polar surface area (TPSA) is 91.8 Å². The summed E-state index contributed by atoms with van der Waals surface area (Å²) in [7, 11) is 3.53. The van der Waals surface area contributed by atoms with Gasteiger partial charge in [-0.05, 0) is 67.8 Å². The minimum absolute atomic E-state index is 0.0825. The summed E-state index contributed by atoms with van der Waals surface area (Å²) in [6.45, 7) is 1.63. The Balaban J connectivity index is 0.000000174. The van der Waals surface area contributed by atoms with Gasteiger partial charge < -0.3 is 23.4 Å². The Hall–Kier alpha value is -4.31. The van der Waals surface area contributed by atoms with Crippen molar-refractivity contribution in [3.8, 4) is 11.3 Å². The average Bonchev–Trinajstić information content (AvgIpc) is 3.63. The van der Waals surface area contributed by atoms with Crippen LogP contribution in [0.5, 0.6) is 0 Å². The number of likely N-dealkylation sites (tertiary alicyclic amines) is 1. The number of rotatable bonds is 5. The van der Waals surface area contributed by atoms with Crippen LogP contribution in [-0.4, -0.2) is 55.1 Å². The van der Waals surface area contributed by atoms with Crippen molar-refractivity contribution in [1.82, 2.24) is 15.2 Å². The number of carbonyl (C=O) groups is 2. The zero-order valence-corrected chi connectivity index (χ0v) is 24.0. The highest BCUT2D eigenvalue weighted by Crippen LogP contribution is 2.36. The van der Waals surface area contributed by atoms with E-state index < -0.39 is 0 Å². The summed E-state index contributed by atoms with van der Waals surface area (Å²) in [5, 5.41) is 3.37. The molecule has 0 aliphatic carbocycles. The van der Waals surface area contributed by atoms with Gasteiger partial charge in [-0.2, -0.15) is 0 Å². The summed E-state index contributed by atoms with van der Waals surface area (Å²) in [5.74, 6) is 0.00147. The Morgan fingerprint density at radius 3 is 2.39 bits per heavy atom. The van der Waals surface area contributed by atoms with Crippen LogP contribution in [0.2, 0.25) is 0 Å². The van der Waals surface area contributed by atoms with Crippen molar-refractivity contribution >= 4 is 51.5 Å². The van der Waals surface area contributed by atoms with Gasteiger partial charge in [0.05, 0.1) is 11.3 Å². The van der Waals surface area contributed by atoms with E-state index in [1.54, 1.807) is 31.1 Å². The second-order valence-electron chi connectivity index (χ2n) is 9.59. The number of nitrogens with zero attached hydrogens (tertiary/aromatic N) is 3. The van der Waals surface area contributed by atoms with Crippen LogP contribution >= 0.6 is 11.9 Å². The lowest BCUT2D eigenvalue weighted by atomic mass is 10.0. The SMILES string of the molecule is CNC(=O)c1c(-c2ccc(F)cc2)oc2cc(N(C)SC)ccc12.O=C(c1nc2ccccc2o1)N1CCCCC1. The van der Waals surface area contributed by atoms with Gasteiger partial charge in [-0.25, -0.2) is 9.37 Å². The van der Waals surface area contributed by atoms with Crippen LogP contribution in [0.1, 0.15) is 40.3 Å². The van der Waals surface area contributed by atoms with Gasteiger partial charge in [0.15, 0.2) is 5.58 Å². The summed E-state index contributed by atoms with van der Waals surface area (Å²) in [6, 6.07) is 19.1. The van der Waals surface area contributed by atoms with Crippen molar-refractivity contribution < 1.29 is 22.8 Å². The van der Waals surface area contributed by atoms with Gasteiger partial charge in [-0.1, -0.05) is 24.1 Å². The standard InChI is InChI=1S/C18H17FN2O2S.C13H14N2O2/c1-20-18(22)16-14-9-8-13(21(2)24-3)10-15(14)23-17(16)11-4-6-12(19)7-5-11;16-13(15-8-4-1-5-9-15)12-14-10-6-2-3-7-11(10)17-12/h4-10H,1-3H3,(H,20,22);2-3,6-7H,1,4-5,8-9H2.